The van der Waals surface area contributed by atoms with Crippen LogP contribution < -0.4 is 0 Å². The Hall–Kier alpha value is -2.12. The molecule has 8 heteroatoms. The summed E-state index contributed by atoms with van der Waals surface area (Å²) in [6.07, 6.45) is 6.38. The topological polar surface area (TPSA) is 127 Å². The van der Waals surface area contributed by atoms with Gasteiger partial charge in [0.05, 0.1) is 13.2 Å². The molecule has 0 aromatic heterocycles. The van der Waals surface area contributed by atoms with Crippen LogP contribution in [0.2, 0.25) is 0 Å². The van der Waals surface area contributed by atoms with Crippen molar-refractivity contribution in [2.75, 3.05) is 13.2 Å². The number of carbonyl (C=O) groups excluding carboxylic acids is 2. The molecule has 0 atom stereocenters. The number of esters is 2. The predicted octanol–water partition coefficient (Wildman–Crippen LogP) is 2.78. The molecule has 0 spiro atoms. The largest absolute Gasteiger partial charge is 0.481 e. The van der Waals surface area contributed by atoms with Gasteiger partial charge in [-0.2, -0.15) is 0 Å². The fourth-order valence-corrected chi connectivity index (χ4v) is 1.84. The molecule has 8 nitrogen and oxygen atoms in total. The van der Waals surface area contributed by atoms with Gasteiger partial charge in [-0.1, -0.05) is 25.7 Å². The summed E-state index contributed by atoms with van der Waals surface area (Å²) in [4.78, 5) is 40.9. The van der Waals surface area contributed by atoms with Gasteiger partial charge in [-0.3, -0.25) is 19.2 Å². The predicted molar refractivity (Wildman–Crippen MR) is 90.1 cm³/mol. The van der Waals surface area contributed by atoms with Gasteiger partial charge < -0.3 is 19.7 Å². The Morgan fingerprint density at radius 2 is 0.960 bits per heavy atom. The molecule has 0 rings (SSSR count). The SMILES string of the molecule is CCOC(=O)CCCCCCCCC(=O)OCC.O=C(O)CC(=O)O. The standard InChI is InChI=1S/C14H26O4.C3H4O4/c1-3-17-13(15)11-9-7-5-6-8-10-12-14(16)18-4-2;4-2(5)1-3(6)7/h3-12H2,1-2H3;1H2,(H,4,5)(H,6,7). The van der Waals surface area contributed by atoms with Crippen LogP contribution in [0.3, 0.4) is 0 Å². The van der Waals surface area contributed by atoms with E-state index < -0.39 is 18.4 Å². The number of ether oxygens (including phenoxy) is 2. The van der Waals surface area contributed by atoms with Crippen LogP contribution in [-0.4, -0.2) is 47.3 Å². The third-order valence-corrected chi connectivity index (χ3v) is 2.92. The van der Waals surface area contributed by atoms with Gasteiger partial charge in [0.15, 0.2) is 0 Å². The van der Waals surface area contributed by atoms with Crippen molar-refractivity contribution in [2.24, 2.45) is 0 Å². The molecule has 146 valence electrons. The van der Waals surface area contributed by atoms with E-state index in [-0.39, 0.29) is 11.9 Å². The second-order valence-corrected chi connectivity index (χ2v) is 5.20. The average Bonchev–Trinajstić information content (AvgIpc) is 2.49. The number of carboxylic acids is 2. The summed E-state index contributed by atoms with van der Waals surface area (Å²) in [7, 11) is 0. The number of rotatable bonds is 13. The van der Waals surface area contributed by atoms with Crippen LogP contribution in [0.25, 0.3) is 0 Å². The number of hydrogen-bond acceptors (Lipinski definition) is 6. The normalized spacial score (nSPS) is 9.52. The van der Waals surface area contributed by atoms with Gasteiger partial charge in [0.1, 0.15) is 6.42 Å². The maximum Gasteiger partial charge on any atom is 0.314 e. The first-order valence-corrected chi connectivity index (χ1v) is 8.58. The lowest BCUT2D eigenvalue weighted by Crippen LogP contribution is -2.03. The minimum Gasteiger partial charge on any atom is -0.481 e. The van der Waals surface area contributed by atoms with Crippen LogP contribution in [-0.2, 0) is 28.7 Å². The molecule has 2 N–H and O–H groups in total. The van der Waals surface area contributed by atoms with Gasteiger partial charge in [-0.25, -0.2) is 0 Å². The summed E-state index contributed by atoms with van der Waals surface area (Å²) in [6, 6.07) is 0. The molecule has 0 bridgehead atoms. The van der Waals surface area contributed by atoms with Crippen molar-refractivity contribution in [3.8, 4) is 0 Å². The summed E-state index contributed by atoms with van der Waals surface area (Å²) < 4.78 is 9.69. The lowest BCUT2D eigenvalue weighted by molar-refractivity contribution is -0.147. The summed E-state index contributed by atoms with van der Waals surface area (Å²) >= 11 is 0. The molecule has 0 fully saturated rings. The Labute approximate surface area is 148 Å². The van der Waals surface area contributed by atoms with Crippen molar-refractivity contribution in [3.63, 3.8) is 0 Å². The zero-order valence-corrected chi connectivity index (χ0v) is 15.1. The third kappa shape index (κ3) is 24.3. The molecule has 0 saturated heterocycles. The summed E-state index contributed by atoms with van der Waals surface area (Å²) in [5, 5.41) is 15.4. The molecular weight excluding hydrogens is 332 g/mol. The van der Waals surface area contributed by atoms with Gasteiger partial charge in [-0.15, -0.1) is 0 Å². The second-order valence-electron chi connectivity index (χ2n) is 5.20. The maximum absolute atomic E-state index is 11.0. The van der Waals surface area contributed by atoms with Gasteiger partial charge in [0.25, 0.3) is 0 Å². The van der Waals surface area contributed by atoms with Crippen LogP contribution in [0.4, 0.5) is 0 Å². The first kappa shape index (κ1) is 25.1. The first-order chi connectivity index (χ1) is 11.8. The molecule has 0 aromatic rings. The number of carbonyl (C=O) groups is 4. The summed E-state index contributed by atoms with van der Waals surface area (Å²) in [5.74, 6) is -2.82. The fraction of sp³-hybridized carbons (Fsp3) is 0.765. The lowest BCUT2D eigenvalue weighted by Gasteiger charge is -2.03. The molecule has 0 saturated carbocycles. The van der Waals surface area contributed by atoms with E-state index in [4.69, 9.17) is 19.7 Å². The van der Waals surface area contributed by atoms with Gasteiger partial charge in [0.2, 0.25) is 0 Å². The highest BCUT2D eigenvalue weighted by Gasteiger charge is 2.02. The van der Waals surface area contributed by atoms with Gasteiger partial charge in [-0.05, 0) is 26.7 Å². The quantitative estimate of drug-likeness (QED) is 0.291. The van der Waals surface area contributed by atoms with E-state index in [0.29, 0.717) is 26.1 Å². The van der Waals surface area contributed by atoms with Crippen molar-refractivity contribution < 1.29 is 38.9 Å². The second kappa shape index (κ2) is 18.2. The smallest absolute Gasteiger partial charge is 0.314 e. The Bertz CT molecular complexity index is 356. The van der Waals surface area contributed by atoms with E-state index in [2.05, 4.69) is 0 Å². The Balaban J connectivity index is 0. The van der Waals surface area contributed by atoms with E-state index in [9.17, 15) is 19.2 Å². The molecule has 0 aliphatic heterocycles. The number of aliphatic carboxylic acids is 2. The maximum atomic E-state index is 11.0. The van der Waals surface area contributed by atoms with Gasteiger partial charge >= 0.3 is 23.9 Å². The fourth-order valence-electron chi connectivity index (χ4n) is 1.84. The van der Waals surface area contributed by atoms with Crippen LogP contribution in [0, 0.1) is 0 Å². The highest BCUT2D eigenvalue weighted by molar-refractivity contribution is 5.88. The van der Waals surface area contributed by atoms with Gasteiger partial charge in [0, 0.05) is 12.8 Å². The number of hydrogen-bond donors (Lipinski definition) is 2. The zero-order chi connectivity index (χ0) is 19.5. The minimum atomic E-state index is -1.31. The molecule has 0 aliphatic rings. The van der Waals surface area contributed by atoms with Crippen molar-refractivity contribution in [1.82, 2.24) is 0 Å². The average molecular weight is 362 g/mol. The molecule has 0 amide bonds. The molecular formula is C17H30O8. The van der Waals surface area contributed by atoms with Crippen LogP contribution in [0.5, 0.6) is 0 Å². The molecule has 0 aromatic carbocycles. The zero-order valence-electron chi connectivity index (χ0n) is 15.1. The Kier molecular flexibility index (Phi) is 18.3. The third-order valence-electron chi connectivity index (χ3n) is 2.92. The van der Waals surface area contributed by atoms with E-state index in [1.807, 2.05) is 13.8 Å². The monoisotopic (exact) mass is 362 g/mol. The molecule has 0 heterocycles. The Morgan fingerprint density at radius 3 is 1.20 bits per heavy atom. The molecule has 0 unspecified atom stereocenters. The van der Waals surface area contributed by atoms with Crippen molar-refractivity contribution in [3.05, 3.63) is 0 Å². The lowest BCUT2D eigenvalue weighted by atomic mass is 10.1. The highest BCUT2D eigenvalue weighted by atomic mass is 16.5. The molecule has 25 heavy (non-hydrogen) atoms. The van der Waals surface area contributed by atoms with Crippen LogP contribution in [0.1, 0.15) is 71.6 Å². The molecule has 0 radical (unpaired) electrons. The van der Waals surface area contributed by atoms with E-state index in [0.717, 1.165) is 38.5 Å². The van der Waals surface area contributed by atoms with Crippen LogP contribution >= 0.6 is 0 Å². The summed E-state index contributed by atoms with van der Waals surface area (Å²) in [5.41, 5.74) is 0. The highest BCUT2D eigenvalue weighted by Crippen LogP contribution is 2.09. The first-order valence-electron chi connectivity index (χ1n) is 8.58. The van der Waals surface area contributed by atoms with E-state index in [1.165, 1.54) is 0 Å². The van der Waals surface area contributed by atoms with Crippen molar-refractivity contribution in [1.29, 1.82) is 0 Å². The Morgan fingerprint density at radius 1 is 0.640 bits per heavy atom. The van der Waals surface area contributed by atoms with Crippen molar-refractivity contribution in [2.45, 2.75) is 71.6 Å². The van der Waals surface area contributed by atoms with E-state index in [1.54, 1.807) is 0 Å². The number of unbranched alkanes of at least 4 members (excludes halogenated alkanes) is 5. The van der Waals surface area contributed by atoms with E-state index >= 15 is 0 Å². The van der Waals surface area contributed by atoms with Crippen LogP contribution in [0.15, 0.2) is 0 Å². The minimum absolute atomic E-state index is 0.0974. The molecule has 0 aliphatic carbocycles. The number of carboxylic acid groups (broad SMARTS) is 2. The summed E-state index contributed by atoms with van der Waals surface area (Å²) in [6.45, 7) is 4.57. The van der Waals surface area contributed by atoms with Crippen molar-refractivity contribution >= 4 is 23.9 Å².